The lowest BCUT2D eigenvalue weighted by molar-refractivity contribution is -0.000736. The zero-order valence-corrected chi connectivity index (χ0v) is 9.15. The molecule has 0 radical (unpaired) electrons. The number of phenolic OH excluding ortho intramolecular Hbond substituents is 1. The molecular weight excluding hydrogens is 206 g/mol. The Kier molecular flexibility index (Phi) is 3.43. The summed E-state index contributed by atoms with van der Waals surface area (Å²) in [5.74, 6) is 0.252. The van der Waals surface area contributed by atoms with Crippen LogP contribution in [0, 0.1) is 0 Å². The fraction of sp³-hybridized carbons (Fsp3) is 0.500. The smallest absolute Gasteiger partial charge is 0.115 e. The SMILES string of the molecule is OCC1(Cc2cccc(O)c2)COCCN1. The van der Waals surface area contributed by atoms with Gasteiger partial charge in [-0.3, -0.25) is 0 Å². The van der Waals surface area contributed by atoms with E-state index in [4.69, 9.17) is 4.74 Å². The van der Waals surface area contributed by atoms with Gasteiger partial charge in [-0.25, -0.2) is 0 Å². The average Bonchev–Trinajstić information content (AvgIpc) is 2.30. The summed E-state index contributed by atoms with van der Waals surface area (Å²) in [6, 6.07) is 7.10. The number of hydrogen-bond acceptors (Lipinski definition) is 4. The quantitative estimate of drug-likeness (QED) is 0.689. The zero-order valence-electron chi connectivity index (χ0n) is 9.15. The van der Waals surface area contributed by atoms with E-state index in [1.165, 1.54) is 0 Å². The maximum absolute atomic E-state index is 9.47. The molecule has 88 valence electrons. The van der Waals surface area contributed by atoms with Crippen LogP contribution in [0.3, 0.4) is 0 Å². The highest BCUT2D eigenvalue weighted by Crippen LogP contribution is 2.19. The Labute approximate surface area is 94.9 Å². The van der Waals surface area contributed by atoms with Crippen molar-refractivity contribution in [3.8, 4) is 5.75 Å². The van der Waals surface area contributed by atoms with Crippen molar-refractivity contribution in [2.75, 3.05) is 26.4 Å². The number of morpholine rings is 1. The van der Waals surface area contributed by atoms with Gasteiger partial charge in [-0.15, -0.1) is 0 Å². The molecule has 0 amide bonds. The van der Waals surface area contributed by atoms with E-state index in [9.17, 15) is 10.2 Å². The molecule has 1 aromatic rings. The van der Waals surface area contributed by atoms with E-state index in [1.54, 1.807) is 18.2 Å². The van der Waals surface area contributed by atoms with Gasteiger partial charge in [0.1, 0.15) is 5.75 Å². The Morgan fingerprint density at radius 2 is 2.31 bits per heavy atom. The van der Waals surface area contributed by atoms with Crippen LogP contribution in [0.2, 0.25) is 0 Å². The molecule has 1 fully saturated rings. The fourth-order valence-corrected chi connectivity index (χ4v) is 2.04. The van der Waals surface area contributed by atoms with Crippen molar-refractivity contribution in [2.24, 2.45) is 0 Å². The van der Waals surface area contributed by atoms with Gasteiger partial charge < -0.3 is 20.3 Å². The molecule has 3 N–H and O–H groups in total. The predicted molar refractivity (Wildman–Crippen MR) is 60.4 cm³/mol. The molecule has 4 heteroatoms. The molecule has 1 atom stereocenters. The molecule has 0 bridgehead atoms. The predicted octanol–water partition coefficient (Wildman–Crippen LogP) is 0.286. The molecule has 0 aromatic heterocycles. The maximum Gasteiger partial charge on any atom is 0.115 e. The van der Waals surface area contributed by atoms with Crippen LogP contribution in [-0.4, -0.2) is 42.1 Å². The van der Waals surface area contributed by atoms with Crippen LogP contribution in [0.25, 0.3) is 0 Å². The van der Waals surface area contributed by atoms with E-state index in [0.717, 1.165) is 12.1 Å². The number of aromatic hydroxyl groups is 1. The molecule has 0 aliphatic carbocycles. The van der Waals surface area contributed by atoms with E-state index < -0.39 is 5.54 Å². The molecule has 1 aliphatic rings. The zero-order chi connectivity index (χ0) is 11.4. The van der Waals surface area contributed by atoms with Crippen molar-refractivity contribution in [1.82, 2.24) is 5.32 Å². The van der Waals surface area contributed by atoms with Crippen LogP contribution in [0.4, 0.5) is 0 Å². The molecule has 1 aromatic carbocycles. The number of aliphatic hydroxyl groups excluding tert-OH is 1. The van der Waals surface area contributed by atoms with Crippen LogP contribution in [0.15, 0.2) is 24.3 Å². The Bertz CT molecular complexity index is 348. The van der Waals surface area contributed by atoms with Gasteiger partial charge >= 0.3 is 0 Å². The van der Waals surface area contributed by atoms with Crippen molar-refractivity contribution >= 4 is 0 Å². The lowest BCUT2D eigenvalue weighted by atomic mass is 9.91. The molecule has 4 nitrogen and oxygen atoms in total. The summed E-state index contributed by atoms with van der Waals surface area (Å²) < 4.78 is 5.39. The first kappa shape index (κ1) is 11.4. The minimum Gasteiger partial charge on any atom is -0.508 e. The third kappa shape index (κ3) is 2.52. The second-order valence-corrected chi connectivity index (χ2v) is 4.26. The summed E-state index contributed by atoms with van der Waals surface area (Å²) in [6.07, 6.45) is 0.651. The van der Waals surface area contributed by atoms with Crippen LogP contribution in [0.5, 0.6) is 5.75 Å². The molecule has 0 spiro atoms. The van der Waals surface area contributed by atoms with Crippen LogP contribution in [0.1, 0.15) is 5.56 Å². The van der Waals surface area contributed by atoms with Crippen molar-refractivity contribution in [3.63, 3.8) is 0 Å². The number of ether oxygens (including phenoxy) is 1. The summed E-state index contributed by atoms with van der Waals surface area (Å²) >= 11 is 0. The lowest BCUT2D eigenvalue weighted by Gasteiger charge is -2.36. The van der Waals surface area contributed by atoms with E-state index in [1.807, 2.05) is 6.07 Å². The number of aliphatic hydroxyl groups is 1. The molecule has 1 heterocycles. The first-order chi connectivity index (χ1) is 7.74. The number of rotatable bonds is 3. The van der Waals surface area contributed by atoms with Gasteiger partial charge in [-0.2, -0.15) is 0 Å². The molecule has 1 aliphatic heterocycles. The van der Waals surface area contributed by atoms with Crippen LogP contribution in [-0.2, 0) is 11.2 Å². The number of hydrogen-bond donors (Lipinski definition) is 3. The van der Waals surface area contributed by atoms with E-state index >= 15 is 0 Å². The van der Waals surface area contributed by atoms with E-state index in [0.29, 0.717) is 19.6 Å². The normalized spacial score (nSPS) is 25.6. The standard InChI is InChI=1S/C12H17NO3/c14-8-12(9-16-5-4-13-12)7-10-2-1-3-11(15)6-10/h1-3,6,13-15H,4-5,7-9H2. The molecular formula is C12H17NO3. The monoisotopic (exact) mass is 223 g/mol. The summed E-state index contributed by atoms with van der Waals surface area (Å²) in [4.78, 5) is 0. The maximum atomic E-state index is 9.47. The van der Waals surface area contributed by atoms with E-state index in [2.05, 4.69) is 5.32 Å². The van der Waals surface area contributed by atoms with Crippen molar-refractivity contribution in [2.45, 2.75) is 12.0 Å². The largest absolute Gasteiger partial charge is 0.508 e. The lowest BCUT2D eigenvalue weighted by Crippen LogP contribution is -2.58. The van der Waals surface area contributed by atoms with Gasteiger partial charge in [0.2, 0.25) is 0 Å². The molecule has 1 unspecified atom stereocenters. The van der Waals surface area contributed by atoms with Gasteiger partial charge in [0.25, 0.3) is 0 Å². The summed E-state index contributed by atoms with van der Waals surface area (Å²) in [5, 5.41) is 22.1. The highest BCUT2D eigenvalue weighted by Gasteiger charge is 2.32. The highest BCUT2D eigenvalue weighted by molar-refractivity contribution is 5.28. The highest BCUT2D eigenvalue weighted by atomic mass is 16.5. The van der Waals surface area contributed by atoms with Crippen LogP contribution >= 0.6 is 0 Å². The average molecular weight is 223 g/mol. The molecule has 2 rings (SSSR count). The second kappa shape index (κ2) is 4.82. The first-order valence-corrected chi connectivity index (χ1v) is 5.46. The second-order valence-electron chi connectivity index (χ2n) is 4.26. The third-order valence-corrected chi connectivity index (χ3v) is 2.88. The summed E-state index contributed by atoms with van der Waals surface area (Å²) in [5.41, 5.74) is 0.582. The summed E-state index contributed by atoms with van der Waals surface area (Å²) in [6.45, 7) is 1.96. The number of benzene rings is 1. The Balaban J connectivity index is 2.11. The summed E-state index contributed by atoms with van der Waals surface area (Å²) in [7, 11) is 0. The van der Waals surface area contributed by atoms with Gasteiger partial charge in [-0.05, 0) is 24.1 Å². The number of nitrogens with one attached hydrogen (secondary N) is 1. The van der Waals surface area contributed by atoms with E-state index in [-0.39, 0.29) is 12.4 Å². The molecule has 1 saturated heterocycles. The Hall–Kier alpha value is -1.10. The van der Waals surface area contributed by atoms with Crippen molar-refractivity contribution < 1.29 is 14.9 Å². The molecule has 16 heavy (non-hydrogen) atoms. The van der Waals surface area contributed by atoms with Gasteiger partial charge in [0, 0.05) is 6.54 Å². The first-order valence-electron chi connectivity index (χ1n) is 5.46. The Morgan fingerprint density at radius 1 is 1.44 bits per heavy atom. The van der Waals surface area contributed by atoms with Crippen molar-refractivity contribution in [3.05, 3.63) is 29.8 Å². The van der Waals surface area contributed by atoms with Crippen molar-refractivity contribution in [1.29, 1.82) is 0 Å². The minimum absolute atomic E-state index is 0.0304. The fourth-order valence-electron chi connectivity index (χ4n) is 2.04. The van der Waals surface area contributed by atoms with Gasteiger partial charge in [-0.1, -0.05) is 12.1 Å². The topological polar surface area (TPSA) is 61.7 Å². The number of phenols is 1. The minimum atomic E-state index is -0.411. The molecule has 0 saturated carbocycles. The van der Waals surface area contributed by atoms with Crippen LogP contribution < -0.4 is 5.32 Å². The Morgan fingerprint density at radius 3 is 2.94 bits per heavy atom. The van der Waals surface area contributed by atoms with Gasteiger partial charge in [0.05, 0.1) is 25.4 Å². The third-order valence-electron chi connectivity index (χ3n) is 2.88. The van der Waals surface area contributed by atoms with Gasteiger partial charge in [0.15, 0.2) is 0 Å².